The van der Waals surface area contributed by atoms with Crippen LogP contribution < -0.4 is 10.1 Å². The number of halogens is 2. The van der Waals surface area contributed by atoms with Crippen LogP contribution in [0.2, 0.25) is 10.0 Å². The topological polar surface area (TPSA) is 21.3 Å². The molecule has 96 valence electrons. The lowest BCUT2D eigenvalue weighted by Gasteiger charge is -2.16. The van der Waals surface area contributed by atoms with Crippen LogP contribution >= 0.6 is 34.5 Å². The Kier molecular flexibility index (Phi) is 4.89. The van der Waals surface area contributed by atoms with Gasteiger partial charge in [0.05, 0.1) is 11.1 Å². The molecule has 2 aromatic rings. The number of benzene rings is 1. The van der Waals surface area contributed by atoms with Crippen molar-refractivity contribution in [2.75, 3.05) is 13.7 Å². The lowest BCUT2D eigenvalue weighted by Crippen LogP contribution is -2.22. The van der Waals surface area contributed by atoms with Crippen molar-refractivity contribution in [2.24, 2.45) is 0 Å². The number of hydrogen-bond donors (Lipinski definition) is 1. The van der Waals surface area contributed by atoms with Crippen molar-refractivity contribution < 1.29 is 4.74 Å². The maximum absolute atomic E-state index is 6.11. The van der Waals surface area contributed by atoms with Crippen LogP contribution in [-0.4, -0.2) is 13.7 Å². The quantitative estimate of drug-likeness (QED) is 0.884. The van der Waals surface area contributed by atoms with Crippen LogP contribution in [0.4, 0.5) is 0 Å². The molecule has 1 aromatic heterocycles. The molecule has 2 rings (SSSR count). The maximum atomic E-state index is 6.11. The van der Waals surface area contributed by atoms with Crippen molar-refractivity contribution in [3.8, 4) is 5.75 Å². The third-order valence-electron chi connectivity index (χ3n) is 2.52. The standard InChI is InChI=1S/C13H13Cl2NOS/c1-16-12(13-11(15)5-6-18-13)8-17-10-4-2-3-9(14)7-10/h2-7,12,16H,8H2,1H3. The van der Waals surface area contributed by atoms with Gasteiger partial charge in [-0.3, -0.25) is 0 Å². The summed E-state index contributed by atoms with van der Waals surface area (Å²) in [5.41, 5.74) is 0. The van der Waals surface area contributed by atoms with Gasteiger partial charge in [-0.2, -0.15) is 0 Å². The zero-order chi connectivity index (χ0) is 13.0. The van der Waals surface area contributed by atoms with Gasteiger partial charge in [-0.15, -0.1) is 11.3 Å². The number of rotatable bonds is 5. The molecule has 0 saturated carbocycles. The predicted octanol–water partition coefficient (Wildman–Crippen LogP) is 4.39. The second-order valence-electron chi connectivity index (χ2n) is 3.74. The van der Waals surface area contributed by atoms with Crippen molar-refractivity contribution in [2.45, 2.75) is 6.04 Å². The Morgan fingerprint density at radius 3 is 2.78 bits per heavy atom. The zero-order valence-electron chi connectivity index (χ0n) is 9.82. The summed E-state index contributed by atoms with van der Waals surface area (Å²) < 4.78 is 5.72. The van der Waals surface area contributed by atoms with Gasteiger partial charge in [0, 0.05) is 9.90 Å². The first kappa shape index (κ1) is 13.7. The molecule has 1 N–H and O–H groups in total. The van der Waals surface area contributed by atoms with E-state index in [2.05, 4.69) is 5.32 Å². The normalized spacial score (nSPS) is 12.4. The minimum atomic E-state index is 0.0801. The molecule has 0 amide bonds. The third kappa shape index (κ3) is 3.39. The number of thiophene rings is 1. The molecule has 0 bridgehead atoms. The van der Waals surface area contributed by atoms with Gasteiger partial charge in [-0.1, -0.05) is 29.3 Å². The molecule has 1 atom stereocenters. The van der Waals surface area contributed by atoms with E-state index < -0.39 is 0 Å². The molecule has 0 saturated heterocycles. The Morgan fingerprint density at radius 2 is 2.17 bits per heavy atom. The molecule has 0 spiro atoms. The number of likely N-dealkylation sites (N-methyl/N-ethyl adjacent to an activating group) is 1. The van der Waals surface area contributed by atoms with E-state index >= 15 is 0 Å². The molecule has 2 nitrogen and oxygen atoms in total. The summed E-state index contributed by atoms with van der Waals surface area (Å²) in [4.78, 5) is 1.08. The smallest absolute Gasteiger partial charge is 0.120 e. The van der Waals surface area contributed by atoms with Crippen molar-refractivity contribution >= 4 is 34.5 Å². The van der Waals surface area contributed by atoms with E-state index in [1.54, 1.807) is 17.4 Å². The van der Waals surface area contributed by atoms with Crippen molar-refractivity contribution in [1.29, 1.82) is 0 Å². The Bertz CT molecular complexity index is 515. The Balaban J connectivity index is 2.02. The predicted molar refractivity (Wildman–Crippen MR) is 78.1 cm³/mol. The highest BCUT2D eigenvalue weighted by Crippen LogP contribution is 2.29. The fourth-order valence-corrected chi connectivity index (χ4v) is 3.05. The molecule has 0 aliphatic carbocycles. The molecular formula is C13H13Cl2NOS. The fraction of sp³-hybridized carbons (Fsp3) is 0.231. The molecule has 0 aliphatic rings. The highest BCUT2D eigenvalue weighted by Gasteiger charge is 2.15. The molecule has 1 aromatic carbocycles. The minimum Gasteiger partial charge on any atom is -0.492 e. The van der Waals surface area contributed by atoms with Gasteiger partial charge in [-0.25, -0.2) is 0 Å². The molecule has 18 heavy (non-hydrogen) atoms. The van der Waals surface area contributed by atoms with Crippen LogP contribution in [0.3, 0.4) is 0 Å². The summed E-state index contributed by atoms with van der Waals surface area (Å²) in [5, 5.41) is 6.61. The number of hydrogen-bond acceptors (Lipinski definition) is 3. The molecular weight excluding hydrogens is 289 g/mol. The van der Waals surface area contributed by atoms with Gasteiger partial charge in [0.25, 0.3) is 0 Å². The van der Waals surface area contributed by atoms with Gasteiger partial charge in [0.2, 0.25) is 0 Å². The molecule has 0 fully saturated rings. The third-order valence-corrected chi connectivity index (χ3v) is 4.23. The summed E-state index contributed by atoms with van der Waals surface area (Å²) in [5.74, 6) is 0.760. The summed E-state index contributed by atoms with van der Waals surface area (Å²) >= 11 is 13.6. The molecule has 5 heteroatoms. The summed E-state index contributed by atoms with van der Waals surface area (Å²) in [6.07, 6.45) is 0. The van der Waals surface area contributed by atoms with E-state index in [1.807, 2.05) is 36.7 Å². The van der Waals surface area contributed by atoms with Gasteiger partial charge >= 0.3 is 0 Å². The summed E-state index contributed by atoms with van der Waals surface area (Å²) in [6.45, 7) is 0.511. The maximum Gasteiger partial charge on any atom is 0.120 e. The van der Waals surface area contributed by atoms with E-state index in [1.165, 1.54) is 0 Å². The van der Waals surface area contributed by atoms with E-state index in [4.69, 9.17) is 27.9 Å². The van der Waals surface area contributed by atoms with E-state index in [-0.39, 0.29) is 6.04 Å². The number of nitrogens with one attached hydrogen (secondary N) is 1. The van der Waals surface area contributed by atoms with Gasteiger partial charge < -0.3 is 10.1 Å². The second-order valence-corrected chi connectivity index (χ2v) is 5.53. The van der Waals surface area contributed by atoms with Crippen LogP contribution in [0.25, 0.3) is 0 Å². The molecule has 0 radical (unpaired) electrons. The van der Waals surface area contributed by atoms with E-state index in [9.17, 15) is 0 Å². The highest BCUT2D eigenvalue weighted by molar-refractivity contribution is 7.10. The first-order chi connectivity index (χ1) is 8.70. The largest absolute Gasteiger partial charge is 0.492 e. The lowest BCUT2D eigenvalue weighted by molar-refractivity contribution is 0.275. The Morgan fingerprint density at radius 1 is 1.33 bits per heavy atom. The average Bonchev–Trinajstić information content (AvgIpc) is 2.77. The van der Waals surface area contributed by atoms with Crippen LogP contribution in [0, 0.1) is 0 Å². The van der Waals surface area contributed by atoms with Crippen LogP contribution in [-0.2, 0) is 0 Å². The Labute approximate surface area is 120 Å². The Hall–Kier alpha value is -0.740. The van der Waals surface area contributed by atoms with Gasteiger partial charge in [0.1, 0.15) is 12.4 Å². The fourth-order valence-electron chi connectivity index (χ4n) is 1.58. The summed E-state index contributed by atoms with van der Waals surface area (Å²) in [6, 6.07) is 9.34. The monoisotopic (exact) mass is 301 g/mol. The van der Waals surface area contributed by atoms with Crippen molar-refractivity contribution in [1.82, 2.24) is 5.32 Å². The molecule has 1 heterocycles. The first-order valence-corrected chi connectivity index (χ1v) is 7.13. The average molecular weight is 302 g/mol. The van der Waals surface area contributed by atoms with E-state index in [0.29, 0.717) is 11.6 Å². The highest BCUT2D eigenvalue weighted by atomic mass is 35.5. The van der Waals surface area contributed by atoms with Crippen LogP contribution in [0.1, 0.15) is 10.9 Å². The lowest BCUT2D eigenvalue weighted by atomic mass is 10.2. The van der Waals surface area contributed by atoms with Crippen molar-refractivity contribution in [3.05, 3.63) is 50.6 Å². The van der Waals surface area contributed by atoms with Gasteiger partial charge in [0.15, 0.2) is 0 Å². The SMILES string of the molecule is CNC(COc1cccc(Cl)c1)c1sccc1Cl. The van der Waals surface area contributed by atoms with Gasteiger partial charge in [-0.05, 0) is 36.7 Å². The molecule has 1 unspecified atom stereocenters. The first-order valence-electron chi connectivity index (χ1n) is 5.49. The van der Waals surface area contributed by atoms with E-state index in [0.717, 1.165) is 15.6 Å². The van der Waals surface area contributed by atoms with Crippen LogP contribution in [0.5, 0.6) is 5.75 Å². The second kappa shape index (κ2) is 6.43. The zero-order valence-corrected chi connectivity index (χ0v) is 12.1. The van der Waals surface area contributed by atoms with Crippen molar-refractivity contribution in [3.63, 3.8) is 0 Å². The molecule has 0 aliphatic heterocycles. The minimum absolute atomic E-state index is 0.0801. The number of ether oxygens (including phenoxy) is 1. The summed E-state index contributed by atoms with van der Waals surface area (Å²) in [7, 11) is 1.89. The van der Waals surface area contributed by atoms with Crippen LogP contribution in [0.15, 0.2) is 35.7 Å².